The number of fused-ring (bicyclic) bond motifs is 1. The number of carbonyl (C=O) groups excluding carboxylic acids is 1. The Kier molecular flexibility index (Phi) is 4.79. The highest BCUT2D eigenvalue weighted by atomic mass is 35.5. The fourth-order valence-electron chi connectivity index (χ4n) is 2.37. The normalized spacial score (nSPS) is 11.2. The van der Waals surface area contributed by atoms with Gasteiger partial charge in [0.25, 0.3) is 0 Å². The van der Waals surface area contributed by atoms with Crippen LogP contribution in [0.5, 0.6) is 0 Å². The van der Waals surface area contributed by atoms with Gasteiger partial charge in [-0.25, -0.2) is 0 Å². The summed E-state index contributed by atoms with van der Waals surface area (Å²) in [5, 5.41) is 3.68. The van der Waals surface area contributed by atoms with Gasteiger partial charge in [0.2, 0.25) is 5.91 Å². The van der Waals surface area contributed by atoms with Crippen LogP contribution in [0.4, 0.5) is 5.69 Å². The van der Waals surface area contributed by atoms with E-state index in [1.165, 1.54) is 0 Å². The highest BCUT2D eigenvalue weighted by molar-refractivity contribution is 7.17. The molecule has 3 aromatic rings. The van der Waals surface area contributed by atoms with Crippen LogP contribution in [0.15, 0.2) is 60.1 Å². The van der Waals surface area contributed by atoms with E-state index in [1.54, 1.807) is 16.2 Å². The van der Waals surface area contributed by atoms with Gasteiger partial charge in [-0.2, -0.15) is 0 Å². The first-order chi connectivity index (χ1) is 11.2. The number of rotatable bonds is 4. The molecule has 0 aliphatic rings. The summed E-state index contributed by atoms with van der Waals surface area (Å²) in [6, 6.07) is 15.7. The third-order valence-electron chi connectivity index (χ3n) is 3.56. The third kappa shape index (κ3) is 3.46. The Morgan fingerprint density at radius 3 is 2.74 bits per heavy atom. The lowest BCUT2D eigenvalue weighted by Crippen LogP contribution is -2.23. The fraction of sp³-hybridized carbons (Fsp3) is 0.105. The van der Waals surface area contributed by atoms with Crippen molar-refractivity contribution in [2.24, 2.45) is 0 Å². The van der Waals surface area contributed by atoms with Crippen molar-refractivity contribution in [3.8, 4) is 0 Å². The maximum atomic E-state index is 12.4. The summed E-state index contributed by atoms with van der Waals surface area (Å²) in [6.07, 6.45) is 4.22. The molecule has 0 radical (unpaired) electrons. The Balaban J connectivity index is 2.03. The molecule has 116 valence electrons. The zero-order valence-electron chi connectivity index (χ0n) is 12.7. The number of nitrogens with zero attached hydrogens (tertiary/aromatic N) is 1. The van der Waals surface area contributed by atoms with Crippen molar-refractivity contribution in [3.05, 3.63) is 70.7 Å². The lowest BCUT2D eigenvalue weighted by atomic mass is 10.2. The van der Waals surface area contributed by atoms with Crippen LogP contribution < -0.4 is 4.90 Å². The number of thiophene rings is 1. The Bertz CT molecular complexity index is 854. The summed E-state index contributed by atoms with van der Waals surface area (Å²) in [4.78, 5) is 14.1. The third-order valence-corrected chi connectivity index (χ3v) is 4.75. The van der Waals surface area contributed by atoms with Crippen LogP contribution >= 0.6 is 22.9 Å². The molecule has 0 atom stereocenters. The van der Waals surface area contributed by atoms with Crippen LogP contribution in [0, 0.1) is 0 Å². The molecule has 2 nitrogen and oxygen atoms in total. The molecule has 1 heterocycles. The van der Waals surface area contributed by atoms with Crippen LogP contribution in [0.3, 0.4) is 0 Å². The van der Waals surface area contributed by atoms with Gasteiger partial charge in [0, 0.05) is 33.1 Å². The van der Waals surface area contributed by atoms with Crippen LogP contribution in [0.1, 0.15) is 18.9 Å². The maximum absolute atomic E-state index is 12.4. The minimum Gasteiger partial charge on any atom is -0.286 e. The molecular formula is C19H16ClNOS. The average Bonchev–Trinajstić information content (AvgIpc) is 2.98. The maximum Gasteiger partial charge on any atom is 0.230 e. The predicted molar refractivity (Wildman–Crippen MR) is 100 cm³/mol. The number of benzene rings is 2. The van der Waals surface area contributed by atoms with E-state index in [9.17, 15) is 4.79 Å². The van der Waals surface area contributed by atoms with E-state index in [1.807, 2.05) is 73.1 Å². The predicted octanol–water partition coefficient (Wildman–Crippen LogP) is 5.97. The zero-order chi connectivity index (χ0) is 16.2. The number of anilines is 1. The van der Waals surface area contributed by atoms with Crippen molar-refractivity contribution in [1.29, 1.82) is 0 Å². The monoisotopic (exact) mass is 341 g/mol. The van der Waals surface area contributed by atoms with E-state index >= 15 is 0 Å². The summed E-state index contributed by atoms with van der Waals surface area (Å²) in [6.45, 7) is 1.87. The molecule has 0 aliphatic carbocycles. The second-order valence-electron chi connectivity index (χ2n) is 5.11. The molecule has 0 saturated carbocycles. The van der Waals surface area contributed by atoms with Crippen LogP contribution in [0.2, 0.25) is 5.02 Å². The van der Waals surface area contributed by atoms with Crippen molar-refractivity contribution in [2.75, 3.05) is 4.90 Å². The fourth-order valence-corrected chi connectivity index (χ4v) is 3.46. The first kappa shape index (κ1) is 15.8. The topological polar surface area (TPSA) is 20.3 Å². The summed E-state index contributed by atoms with van der Waals surface area (Å²) in [5.41, 5.74) is 1.94. The highest BCUT2D eigenvalue weighted by Gasteiger charge is 2.16. The largest absolute Gasteiger partial charge is 0.286 e. The molecule has 0 aliphatic heterocycles. The average molecular weight is 342 g/mol. The number of carbonyl (C=O) groups is 1. The van der Waals surface area contributed by atoms with Crippen molar-refractivity contribution in [2.45, 2.75) is 13.3 Å². The molecule has 3 rings (SSSR count). The zero-order valence-corrected chi connectivity index (χ0v) is 14.3. The van der Waals surface area contributed by atoms with E-state index < -0.39 is 0 Å². The molecule has 4 heteroatoms. The van der Waals surface area contributed by atoms with E-state index in [0.717, 1.165) is 21.3 Å². The molecule has 1 aromatic heterocycles. The second kappa shape index (κ2) is 6.99. The molecule has 0 saturated heterocycles. The Morgan fingerprint density at radius 1 is 1.22 bits per heavy atom. The first-order valence-electron chi connectivity index (χ1n) is 7.41. The van der Waals surface area contributed by atoms with Gasteiger partial charge in [-0.05, 0) is 29.8 Å². The minimum absolute atomic E-state index is 0.0526. The van der Waals surface area contributed by atoms with Gasteiger partial charge in [0.05, 0.1) is 5.69 Å². The molecular weight excluding hydrogens is 326 g/mol. The second-order valence-corrected chi connectivity index (χ2v) is 6.45. The Labute approximate surface area is 144 Å². The Morgan fingerprint density at radius 2 is 2.00 bits per heavy atom. The molecule has 2 aromatic carbocycles. The molecule has 0 bridgehead atoms. The highest BCUT2D eigenvalue weighted by Crippen LogP contribution is 2.35. The number of hydrogen-bond acceptors (Lipinski definition) is 2. The van der Waals surface area contributed by atoms with E-state index in [2.05, 4.69) is 0 Å². The van der Waals surface area contributed by atoms with Crippen LogP contribution in [-0.4, -0.2) is 5.91 Å². The van der Waals surface area contributed by atoms with Crippen molar-refractivity contribution < 1.29 is 4.79 Å². The molecule has 23 heavy (non-hydrogen) atoms. The van der Waals surface area contributed by atoms with E-state index in [-0.39, 0.29) is 5.91 Å². The van der Waals surface area contributed by atoms with Gasteiger partial charge in [-0.1, -0.05) is 48.9 Å². The number of hydrogen-bond donors (Lipinski definition) is 0. The molecule has 0 spiro atoms. The summed E-state index contributed by atoms with van der Waals surface area (Å²) in [5.74, 6) is 0.0526. The van der Waals surface area contributed by atoms with Crippen LogP contribution in [-0.2, 0) is 4.79 Å². The van der Waals surface area contributed by atoms with E-state index in [0.29, 0.717) is 11.4 Å². The quantitative estimate of drug-likeness (QED) is 0.572. The Hall–Kier alpha value is -2.10. The lowest BCUT2D eigenvalue weighted by molar-refractivity contribution is -0.117. The van der Waals surface area contributed by atoms with Gasteiger partial charge in [0.1, 0.15) is 0 Å². The minimum atomic E-state index is 0.0526. The molecule has 0 fully saturated rings. The van der Waals surface area contributed by atoms with Gasteiger partial charge in [0.15, 0.2) is 0 Å². The van der Waals surface area contributed by atoms with Gasteiger partial charge < -0.3 is 0 Å². The first-order valence-corrected chi connectivity index (χ1v) is 8.67. The molecule has 0 unspecified atom stereocenters. The summed E-state index contributed by atoms with van der Waals surface area (Å²) in [7, 11) is 0. The smallest absolute Gasteiger partial charge is 0.230 e. The van der Waals surface area contributed by atoms with Crippen LogP contribution in [0.25, 0.3) is 16.2 Å². The summed E-state index contributed by atoms with van der Waals surface area (Å²) >= 11 is 7.74. The SMILES string of the molecule is CCC(=O)N(C=Cc1ccccc1)c1csc2ccc(Cl)cc12. The van der Waals surface area contributed by atoms with Gasteiger partial charge in [-0.15, -0.1) is 11.3 Å². The molecule has 0 N–H and O–H groups in total. The van der Waals surface area contributed by atoms with Crippen molar-refractivity contribution >= 4 is 50.7 Å². The number of amides is 1. The van der Waals surface area contributed by atoms with Gasteiger partial charge >= 0.3 is 0 Å². The standard InChI is InChI=1S/C19H16ClNOS/c1-2-19(22)21(11-10-14-6-4-3-5-7-14)17-13-23-18-9-8-15(20)12-16(17)18/h3-13H,2H2,1H3. The van der Waals surface area contributed by atoms with E-state index in [4.69, 9.17) is 11.6 Å². The number of halogens is 1. The molecule has 1 amide bonds. The van der Waals surface area contributed by atoms with Crippen molar-refractivity contribution in [3.63, 3.8) is 0 Å². The van der Waals surface area contributed by atoms with Gasteiger partial charge in [-0.3, -0.25) is 9.69 Å². The van der Waals surface area contributed by atoms with Crippen molar-refractivity contribution in [1.82, 2.24) is 0 Å². The summed E-state index contributed by atoms with van der Waals surface area (Å²) < 4.78 is 1.12. The lowest BCUT2D eigenvalue weighted by Gasteiger charge is -2.17.